The summed E-state index contributed by atoms with van der Waals surface area (Å²) in [6.07, 6.45) is 0.341. The van der Waals surface area contributed by atoms with Crippen LogP contribution in [0.3, 0.4) is 0 Å². The molecule has 4 rings (SSSR count). The molecule has 0 atom stereocenters. The Balaban J connectivity index is 2.09. The highest BCUT2D eigenvalue weighted by Crippen LogP contribution is 2.27. The summed E-state index contributed by atoms with van der Waals surface area (Å²) in [6.45, 7) is 0. The third-order valence-electron chi connectivity index (χ3n) is 4.00. The van der Waals surface area contributed by atoms with Crippen LogP contribution in [-0.2, 0) is 4.79 Å². The van der Waals surface area contributed by atoms with Crippen molar-refractivity contribution in [3.8, 4) is 22.8 Å². The number of phenols is 1. The Hall–Kier alpha value is -4.08. The van der Waals surface area contributed by atoms with E-state index in [0.717, 1.165) is 16.7 Å². The number of amides is 1. The van der Waals surface area contributed by atoms with E-state index in [4.69, 9.17) is 0 Å². The maximum absolute atomic E-state index is 14.3. The Morgan fingerprint density at radius 3 is 2.50 bits per heavy atom. The van der Waals surface area contributed by atoms with Gasteiger partial charge in [-0.3, -0.25) is 4.79 Å². The number of aromatic amines is 1. The van der Waals surface area contributed by atoms with Crippen LogP contribution in [0.4, 0.5) is 14.6 Å². The van der Waals surface area contributed by atoms with Gasteiger partial charge in [0.05, 0.1) is 0 Å². The van der Waals surface area contributed by atoms with Crippen molar-refractivity contribution in [2.24, 2.45) is 0 Å². The van der Waals surface area contributed by atoms with Gasteiger partial charge >= 0.3 is 5.69 Å². The topological polar surface area (TPSA) is 113 Å². The summed E-state index contributed by atoms with van der Waals surface area (Å²) in [6, 6.07) is 9.12. The molecule has 0 unspecified atom stereocenters. The molecule has 0 aliphatic heterocycles. The average molecular weight is 383 g/mol. The van der Waals surface area contributed by atoms with Gasteiger partial charge in [0.25, 0.3) is 0 Å². The number of aromatic nitrogens is 4. The molecule has 0 saturated heterocycles. The van der Waals surface area contributed by atoms with Crippen LogP contribution in [0.1, 0.15) is 0 Å². The molecule has 4 aromatic rings. The van der Waals surface area contributed by atoms with E-state index in [1.807, 2.05) is 0 Å². The van der Waals surface area contributed by atoms with E-state index >= 15 is 0 Å². The van der Waals surface area contributed by atoms with Crippen molar-refractivity contribution in [2.45, 2.75) is 0 Å². The van der Waals surface area contributed by atoms with Crippen molar-refractivity contribution < 1.29 is 18.7 Å². The molecule has 140 valence electrons. The lowest BCUT2D eigenvalue weighted by Crippen LogP contribution is -2.17. The van der Waals surface area contributed by atoms with Crippen LogP contribution in [0.25, 0.3) is 28.2 Å². The maximum atomic E-state index is 14.3. The van der Waals surface area contributed by atoms with Crippen molar-refractivity contribution >= 4 is 23.4 Å². The SMILES string of the molecule is O=CNc1nc(-c2cccc(O)c2)nc2c1[nH]c(=O)n2-c1c(F)cccc1F. The van der Waals surface area contributed by atoms with Gasteiger partial charge in [-0.25, -0.2) is 28.1 Å². The number of rotatable bonds is 4. The first-order valence-corrected chi connectivity index (χ1v) is 7.96. The lowest BCUT2D eigenvalue weighted by Gasteiger charge is -2.08. The van der Waals surface area contributed by atoms with E-state index in [2.05, 4.69) is 20.3 Å². The highest BCUT2D eigenvalue weighted by molar-refractivity contribution is 5.90. The number of anilines is 1. The normalized spacial score (nSPS) is 10.9. The van der Waals surface area contributed by atoms with Gasteiger partial charge in [-0.2, -0.15) is 0 Å². The monoisotopic (exact) mass is 383 g/mol. The minimum atomic E-state index is -0.967. The summed E-state index contributed by atoms with van der Waals surface area (Å²) in [5.41, 5.74) is -1.27. The van der Waals surface area contributed by atoms with E-state index in [-0.39, 0.29) is 28.6 Å². The molecule has 2 aromatic carbocycles. The number of hydrogen-bond donors (Lipinski definition) is 3. The Morgan fingerprint density at radius 1 is 1.11 bits per heavy atom. The van der Waals surface area contributed by atoms with Crippen LogP contribution >= 0.6 is 0 Å². The van der Waals surface area contributed by atoms with E-state index < -0.39 is 23.0 Å². The number of aromatic hydroxyl groups is 1. The molecule has 2 heterocycles. The van der Waals surface area contributed by atoms with E-state index in [1.54, 1.807) is 12.1 Å². The number of phenolic OH excluding ortho intramolecular Hbond substituents is 1. The zero-order valence-electron chi connectivity index (χ0n) is 14.0. The molecular weight excluding hydrogens is 372 g/mol. The third kappa shape index (κ3) is 2.76. The van der Waals surface area contributed by atoms with Crippen LogP contribution in [-0.4, -0.2) is 31.0 Å². The van der Waals surface area contributed by atoms with Gasteiger partial charge in [-0.05, 0) is 24.3 Å². The molecule has 28 heavy (non-hydrogen) atoms. The van der Waals surface area contributed by atoms with Crippen LogP contribution in [0.15, 0.2) is 47.3 Å². The number of benzene rings is 2. The molecule has 0 bridgehead atoms. The van der Waals surface area contributed by atoms with Crippen LogP contribution in [0.2, 0.25) is 0 Å². The Kier molecular flexibility index (Phi) is 4.07. The number of para-hydroxylation sites is 1. The predicted molar refractivity (Wildman–Crippen MR) is 96.2 cm³/mol. The van der Waals surface area contributed by atoms with Gasteiger partial charge in [0.1, 0.15) is 28.6 Å². The molecule has 0 aliphatic rings. The summed E-state index contributed by atoms with van der Waals surface area (Å²) in [5, 5.41) is 12.0. The van der Waals surface area contributed by atoms with Gasteiger partial charge in [-0.15, -0.1) is 0 Å². The van der Waals surface area contributed by atoms with Gasteiger partial charge < -0.3 is 15.4 Å². The first kappa shape index (κ1) is 17.3. The zero-order valence-corrected chi connectivity index (χ0v) is 14.0. The van der Waals surface area contributed by atoms with Gasteiger partial charge in [0.2, 0.25) is 6.41 Å². The quantitative estimate of drug-likeness (QED) is 0.468. The minimum absolute atomic E-state index is 0.0105. The minimum Gasteiger partial charge on any atom is -0.508 e. The highest BCUT2D eigenvalue weighted by Gasteiger charge is 2.21. The predicted octanol–water partition coefficient (Wildman–Crippen LogP) is 2.33. The number of imidazole rings is 1. The maximum Gasteiger partial charge on any atom is 0.332 e. The second kappa shape index (κ2) is 6.58. The van der Waals surface area contributed by atoms with Crippen LogP contribution in [0, 0.1) is 11.6 Å². The molecule has 2 aromatic heterocycles. The molecular formula is C18H11F2N5O3. The first-order valence-electron chi connectivity index (χ1n) is 7.96. The van der Waals surface area contributed by atoms with Gasteiger partial charge in [0, 0.05) is 5.56 Å². The second-order valence-electron chi connectivity index (χ2n) is 5.74. The van der Waals surface area contributed by atoms with Crippen molar-refractivity contribution in [1.29, 1.82) is 0 Å². The van der Waals surface area contributed by atoms with Crippen molar-refractivity contribution in [3.63, 3.8) is 0 Å². The number of nitrogens with zero attached hydrogens (tertiary/aromatic N) is 3. The Morgan fingerprint density at radius 2 is 1.82 bits per heavy atom. The van der Waals surface area contributed by atoms with Crippen LogP contribution < -0.4 is 11.0 Å². The molecule has 3 N–H and O–H groups in total. The number of H-pyrrole nitrogens is 1. The van der Waals surface area contributed by atoms with E-state index in [0.29, 0.717) is 12.0 Å². The first-order chi connectivity index (χ1) is 13.5. The molecule has 0 aliphatic carbocycles. The molecule has 0 fully saturated rings. The van der Waals surface area contributed by atoms with Gasteiger partial charge in [0.15, 0.2) is 17.3 Å². The number of hydrogen-bond acceptors (Lipinski definition) is 5. The molecule has 0 spiro atoms. The van der Waals surface area contributed by atoms with Crippen molar-refractivity contribution in [1.82, 2.24) is 19.5 Å². The standard InChI is InChI=1S/C18H11F2N5O3/c19-11-5-2-6-12(20)14(11)25-17-13(22-18(25)28)16(21-8-26)23-15(24-17)9-3-1-4-10(27)7-9/h1-8,27H,(H,22,28)(H,21,23,24,26). The molecule has 1 amide bonds. The van der Waals surface area contributed by atoms with Crippen molar-refractivity contribution in [2.75, 3.05) is 5.32 Å². The third-order valence-corrected chi connectivity index (χ3v) is 4.00. The largest absolute Gasteiger partial charge is 0.508 e. The summed E-state index contributed by atoms with van der Waals surface area (Å²) in [4.78, 5) is 34.2. The van der Waals surface area contributed by atoms with Crippen molar-refractivity contribution in [3.05, 3.63) is 64.6 Å². The van der Waals surface area contributed by atoms with Crippen LogP contribution in [0.5, 0.6) is 5.75 Å². The summed E-state index contributed by atoms with van der Waals surface area (Å²) < 4.78 is 29.3. The zero-order chi connectivity index (χ0) is 19.8. The number of nitrogens with one attached hydrogen (secondary N) is 2. The number of carbonyl (C=O) groups excluding carboxylic acids is 1. The summed E-state index contributed by atoms with van der Waals surface area (Å²) in [5.74, 6) is -2.03. The van der Waals surface area contributed by atoms with E-state index in [9.17, 15) is 23.5 Å². The van der Waals surface area contributed by atoms with Gasteiger partial charge in [-0.1, -0.05) is 18.2 Å². The highest BCUT2D eigenvalue weighted by atomic mass is 19.1. The smallest absolute Gasteiger partial charge is 0.332 e. The number of carbonyl (C=O) groups is 1. The number of fused-ring (bicyclic) bond motifs is 1. The average Bonchev–Trinajstić information content (AvgIpc) is 2.98. The molecule has 0 saturated carbocycles. The van der Waals surface area contributed by atoms with E-state index in [1.165, 1.54) is 18.2 Å². The second-order valence-corrected chi connectivity index (χ2v) is 5.74. The Bertz CT molecular complexity index is 1260. The Labute approximate surface area is 155 Å². The molecule has 0 radical (unpaired) electrons. The lowest BCUT2D eigenvalue weighted by molar-refractivity contribution is -0.105. The summed E-state index contributed by atoms with van der Waals surface area (Å²) in [7, 11) is 0. The number of halogens is 2. The fraction of sp³-hybridized carbons (Fsp3) is 0. The fourth-order valence-electron chi connectivity index (χ4n) is 2.83. The molecule has 8 nitrogen and oxygen atoms in total. The fourth-order valence-corrected chi connectivity index (χ4v) is 2.83. The lowest BCUT2D eigenvalue weighted by atomic mass is 10.2. The molecule has 10 heteroatoms. The summed E-state index contributed by atoms with van der Waals surface area (Å²) >= 11 is 0.